The second kappa shape index (κ2) is 11.9. The van der Waals surface area contributed by atoms with Gasteiger partial charge in [0, 0.05) is 34.4 Å². The van der Waals surface area contributed by atoms with Gasteiger partial charge < -0.3 is 15.8 Å². The number of allylic oxidation sites excluding steroid dienone is 1. The summed E-state index contributed by atoms with van der Waals surface area (Å²) in [7, 11) is -3.93. The number of anilines is 2. The molecule has 0 amide bonds. The van der Waals surface area contributed by atoms with Gasteiger partial charge in [0.25, 0.3) is 0 Å². The molecule has 12 heteroatoms. The number of nitrogen functional groups attached to an aromatic ring is 1. The van der Waals surface area contributed by atoms with Crippen LogP contribution in [0.4, 0.5) is 15.9 Å². The van der Waals surface area contributed by atoms with Crippen molar-refractivity contribution in [1.82, 2.24) is 20.1 Å². The highest BCUT2D eigenvalue weighted by Crippen LogP contribution is 2.40. The molecule has 1 fully saturated rings. The van der Waals surface area contributed by atoms with Gasteiger partial charge in [0.1, 0.15) is 17.3 Å². The van der Waals surface area contributed by atoms with Crippen LogP contribution >= 0.6 is 11.6 Å². The van der Waals surface area contributed by atoms with Gasteiger partial charge in [-0.2, -0.15) is 5.10 Å². The van der Waals surface area contributed by atoms with Gasteiger partial charge in [-0.25, -0.2) is 17.8 Å². The molecule has 1 saturated heterocycles. The van der Waals surface area contributed by atoms with Gasteiger partial charge in [-0.05, 0) is 62.4 Å². The number of pyridine rings is 1. The molecule has 4 aromatic rings. The molecule has 43 heavy (non-hydrogen) atoms. The zero-order valence-corrected chi connectivity index (χ0v) is 25.6. The Kier molecular flexibility index (Phi) is 8.16. The predicted molar refractivity (Wildman–Crippen MR) is 169 cm³/mol. The van der Waals surface area contributed by atoms with Crippen LogP contribution in [0.2, 0.25) is 5.02 Å². The van der Waals surface area contributed by atoms with Crippen LogP contribution in [0, 0.1) is 5.82 Å². The maximum absolute atomic E-state index is 15.4. The molecule has 2 aromatic heterocycles. The van der Waals surface area contributed by atoms with E-state index in [1.165, 1.54) is 17.7 Å². The molecule has 2 aliphatic rings. The number of nitrogens with zero attached hydrogens (tertiary/aromatic N) is 3. The number of rotatable bonds is 9. The van der Waals surface area contributed by atoms with Gasteiger partial charge in [-0.15, -0.1) is 0 Å². The van der Waals surface area contributed by atoms with Crippen molar-refractivity contribution in [3.63, 3.8) is 0 Å². The van der Waals surface area contributed by atoms with Gasteiger partial charge in [0.2, 0.25) is 10.0 Å². The van der Waals surface area contributed by atoms with Gasteiger partial charge in [-0.3, -0.25) is 9.40 Å². The maximum Gasteiger partial charge on any atom is 0.237 e. The van der Waals surface area contributed by atoms with E-state index in [-0.39, 0.29) is 17.5 Å². The summed E-state index contributed by atoms with van der Waals surface area (Å²) in [6.07, 6.45) is 6.84. The number of hydrogen-bond donors (Lipinski definition) is 3. The largest absolute Gasteiger partial charge is 0.383 e. The van der Waals surface area contributed by atoms with Crippen molar-refractivity contribution in [2.45, 2.75) is 57.0 Å². The minimum absolute atomic E-state index is 0.00485. The number of halogens is 2. The third-order valence-corrected chi connectivity index (χ3v) is 9.51. The van der Waals surface area contributed by atoms with Crippen molar-refractivity contribution >= 4 is 49.6 Å². The van der Waals surface area contributed by atoms with E-state index in [1.54, 1.807) is 36.5 Å². The van der Waals surface area contributed by atoms with Crippen LogP contribution in [0.1, 0.15) is 50.3 Å². The van der Waals surface area contributed by atoms with Crippen molar-refractivity contribution in [3.8, 4) is 11.3 Å². The Bertz CT molecular complexity index is 1820. The Morgan fingerprint density at radius 2 is 1.98 bits per heavy atom. The van der Waals surface area contributed by atoms with Crippen molar-refractivity contribution in [2.75, 3.05) is 23.7 Å². The molecule has 0 saturated carbocycles. The lowest BCUT2D eigenvalue weighted by molar-refractivity contribution is -0.0103. The predicted octanol–water partition coefficient (Wildman–Crippen LogP) is 5.92. The molecule has 226 valence electrons. The molecule has 3 heterocycles. The molecule has 0 spiro atoms. The summed E-state index contributed by atoms with van der Waals surface area (Å²) in [5.41, 5.74) is 10.6. The SMILES string of the molecule is CC(C)n1nc(-c2ccc(NS(=O)(=O)Cc3ccccc3Cl)c(F)c2)c2c(N)ncc(C3=CCC(NC4COC4)CC3)c21. The van der Waals surface area contributed by atoms with E-state index in [4.69, 9.17) is 27.2 Å². The first-order valence-corrected chi connectivity index (χ1v) is 16.4. The average Bonchev–Trinajstić information content (AvgIpc) is 3.36. The van der Waals surface area contributed by atoms with Crippen LogP contribution in [0.3, 0.4) is 0 Å². The molecular weight excluding hydrogens is 591 g/mol. The normalized spacial score (nSPS) is 17.7. The van der Waals surface area contributed by atoms with Crippen LogP contribution in [0.25, 0.3) is 27.7 Å². The maximum atomic E-state index is 15.4. The highest BCUT2D eigenvalue weighted by atomic mass is 35.5. The van der Waals surface area contributed by atoms with Crippen molar-refractivity contribution in [1.29, 1.82) is 0 Å². The number of aromatic nitrogens is 3. The summed E-state index contributed by atoms with van der Waals surface area (Å²) in [6.45, 7) is 5.60. The third-order valence-electron chi connectivity index (χ3n) is 7.92. The molecule has 0 bridgehead atoms. The smallest absolute Gasteiger partial charge is 0.237 e. The van der Waals surface area contributed by atoms with Gasteiger partial charge in [0.15, 0.2) is 0 Å². The molecule has 1 unspecified atom stereocenters. The number of sulfonamides is 1. The number of hydrogen-bond acceptors (Lipinski definition) is 7. The fourth-order valence-corrected chi connectivity index (χ4v) is 7.19. The van der Waals surface area contributed by atoms with E-state index in [2.05, 4.69) is 21.1 Å². The topological polar surface area (TPSA) is 124 Å². The first-order chi connectivity index (χ1) is 20.6. The minimum atomic E-state index is -3.93. The van der Waals surface area contributed by atoms with Crippen molar-refractivity contribution in [2.24, 2.45) is 0 Å². The van der Waals surface area contributed by atoms with Crippen molar-refractivity contribution in [3.05, 3.63) is 76.7 Å². The van der Waals surface area contributed by atoms with Crippen molar-refractivity contribution < 1.29 is 17.5 Å². The second-order valence-corrected chi connectivity index (χ2v) is 13.5. The number of benzene rings is 2. The van der Waals surface area contributed by atoms with E-state index >= 15 is 4.39 Å². The molecule has 1 atom stereocenters. The Morgan fingerprint density at radius 1 is 1.19 bits per heavy atom. The molecule has 1 aliphatic heterocycles. The summed E-state index contributed by atoms with van der Waals surface area (Å²) >= 11 is 6.13. The van der Waals surface area contributed by atoms with Crippen LogP contribution in [0.15, 0.2) is 54.7 Å². The number of nitrogens with one attached hydrogen (secondary N) is 2. The van der Waals surface area contributed by atoms with Gasteiger partial charge >= 0.3 is 0 Å². The molecular formula is C31H34ClFN6O3S. The summed E-state index contributed by atoms with van der Waals surface area (Å²) in [5, 5.41) is 9.51. The highest BCUT2D eigenvalue weighted by Gasteiger charge is 2.27. The molecule has 6 rings (SSSR count). The lowest BCUT2D eigenvalue weighted by atomic mass is 9.89. The summed E-state index contributed by atoms with van der Waals surface area (Å²) in [5.74, 6) is -0.823. The molecule has 2 aromatic carbocycles. The Balaban J connectivity index is 1.32. The van der Waals surface area contributed by atoms with Gasteiger partial charge in [-0.1, -0.05) is 41.9 Å². The second-order valence-electron chi connectivity index (χ2n) is 11.4. The molecule has 0 radical (unpaired) electrons. The standard InChI is InChI=1S/C31H34ClFN6O3S/c1-18(2)39-30-24(19-7-10-22(11-8-19)36-23-15-42-16-23)14-35-31(34)28(30)29(37-39)20-9-12-27(26(33)13-20)38-43(40,41)17-21-5-3-4-6-25(21)32/h3-7,9,12-14,18,22-23,36,38H,8,10-11,15-17H2,1-2H3,(H2,34,35). The lowest BCUT2D eigenvalue weighted by Gasteiger charge is -2.33. The zero-order valence-electron chi connectivity index (χ0n) is 24.0. The van der Waals surface area contributed by atoms with E-state index in [9.17, 15) is 8.42 Å². The van der Waals surface area contributed by atoms with Crippen LogP contribution in [-0.4, -0.2) is 48.5 Å². The monoisotopic (exact) mass is 624 g/mol. The van der Waals surface area contributed by atoms with Crippen LogP contribution < -0.4 is 15.8 Å². The lowest BCUT2D eigenvalue weighted by Crippen LogP contribution is -2.50. The summed E-state index contributed by atoms with van der Waals surface area (Å²) < 4.78 is 50.6. The number of nitrogens with two attached hydrogens (primary N) is 1. The van der Waals surface area contributed by atoms with Gasteiger partial charge in [0.05, 0.1) is 41.6 Å². The summed E-state index contributed by atoms with van der Waals surface area (Å²) in [6, 6.07) is 11.8. The highest BCUT2D eigenvalue weighted by molar-refractivity contribution is 7.91. The Hall–Kier alpha value is -3.51. The Morgan fingerprint density at radius 3 is 2.63 bits per heavy atom. The zero-order chi connectivity index (χ0) is 30.3. The average molecular weight is 625 g/mol. The summed E-state index contributed by atoms with van der Waals surface area (Å²) in [4.78, 5) is 4.52. The fourth-order valence-electron chi connectivity index (χ4n) is 5.67. The first-order valence-electron chi connectivity index (χ1n) is 14.3. The van der Waals surface area contributed by atoms with E-state index < -0.39 is 15.8 Å². The van der Waals surface area contributed by atoms with Crippen LogP contribution in [-0.2, 0) is 20.5 Å². The molecule has 9 nitrogen and oxygen atoms in total. The third kappa shape index (κ3) is 6.12. The van der Waals surface area contributed by atoms with E-state index in [0.717, 1.165) is 43.6 Å². The fraction of sp³-hybridized carbons (Fsp3) is 0.355. The minimum Gasteiger partial charge on any atom is -0.383 e. The van der Waals surface area contributed by atoms with Crippen LogP contribution in [0.5, 0.6) is 0 Å². The molecule has 4 N–H and O–H groups in total. The number of ether oxygens (including phenoxy) is 1. The van der Waals surface area contributed by atoms with E-state index in [1.807, 2.05) is 18.5 Å². The first kappa shape index (κ1) is 29.6. The quantitative estimate of drug-likeness (QED) is 0.211. The number of fused-ring (bicyclic) bond motifs is 1. The van der Waals surface area contributed by atoms with E-state index in [0.29, 0.717) is 45.1 Å². The Labute approximate surface area is 255 Å². The molecule has 1 aliphatic carbocycles.